The van der Waals surface area contributed by atoms with E-state index in [2.05, 4.69) is 53.7 Å². The summed E-state index contributed by atoms with van der Waals surface area (Å²) in [5.74, 6) is 2.27. The summed E-state index contributed by atoms with van der Waals surface area (Å²) in [4.78, 5) is 0. The van der Waals surface area contributed by atoms with Gasteiger partial charge in [-0.3, -0.25) is 0 Å². The zero-order chi connectivity index (χ0) is 16.1. The molecule has 1 heterocycles. The molecular weight excluding hydrogens is 268 g/mol. The number of fused-ring (bicyclic) bond motifs is 3. The molecule has 0 bridgehead atoms. The van der Waals surface area contributed by atoms with Crippen LogP contribution in [0.25, 0.3) is 0 Å². The van der Waals surface area contributed by atoms with Crippen molar-refractivity contribution >= 4 is 0 Å². The predicted molar refractivity (Wildman–Crippen MR) is 93.8 cm³/mol. The second-order valence-corrected chi connectivity index (χ2v) is 7.84. The normalized spacial score (nSPS) is 25.8. The van der Waals surface area contributed by atoms with Gasteiger partial charge in [-0.25, -0.2) is 0 Å². The van der Waals surface area contributed by atoms with Crippen LogP contribution in [0.3, 0.4) is 0 Å². The van der Waals surface area contributed by atoms with Gasteiger partial charge in [0.15, 0.2) is 0 Å². The first-order chi connectivity index (χ1) is 10.3. The molecule has 22 heavy (non-hydrogen) atoms. The smallest absolute Gasteiger partial charge is 0.124 e. The topological polar surface area (TPSA) is 9.23 Å². The highest BCUT2D eigenvalue weighted by Crippen LogP contribution is 2.52. The lowest BCUT2D eigenvalue weighted by molar-refractivity contribution is 0.0113. The fraction of sp³-hybridized carbons (Fsp3) is 0.619. The quantitative estimate of drug-likeness (QED) is 0.621. The van der Waals surface area contributed by atoms with Gasteiger partial charge in [0.25, 0.3) is 0 Å². The van der Waals surface area contributed by atoms with Gasteiger partial charge >= 0.3 is 0 Å². The lowest BCUT2D eigenvalue weighted by Gasteiger charge is -2.47. The number of allylic oxidation sites excluding steroid dienone is 2. The molecule has 0 aromatic heterocycles. The second kappa shape index (κ2) is 5.44. The zero-order valence-corrected chi connectivity index (χ0v) is 15.0. The Hall–Kier alpha value is -1.24. The molecule has 1 aliphatic carbocycles. The van der Waals surface area contributed by atoms with Crippen molar-refractivity contribution in [3.8, 4) is 5.75 Å². The fourth-order valence-corrected chi connectivity index (χ4v) is 4.49. The van der Waals surface area contributed by atoms with Crippen molar-refractivity contribution in [3.05, 3.63) is 40.0 Å². The SMILES string of the molecule is CCCc1cc2c(c(C)c1C)C1C=C(C)CCC1C(C)(C)O2. The van der Waals surface area contributed by atoms with Gasteiger partial charge in [0.05, 0.1) is 0 Å². The number of hydrogen-bond acceptors (Lipinski definition) is 1. The Balaban J connectivity index is 2.19. The number of benzene rings is 1. The van der Waals surface area contributed by atoms with Crippen LogP contribution in [-0.2, 0) is 6.42 Å². The molecular formula is C21H30O. The van der Waals surface area contributed by atoms with Gasteiger partial charge in [0.2, 0.25) is 0 Å². The molecule has 0 saturated heterocycles. The summed E-state index contributed by atoms with van der Waals surface area (Å²) in [7, 11) is 0. The first kappa shape index (κ1) is 15.6. The Kier molecular flexibility index (Phi) is 3.87. The van der Waals surface area contributed by atoms with Gasteiger partial charge in [0.1, 0.15) is 11.4 Å². The summed E-state index contributed by atoms with van der Waals surface area (Å²) >= 11 is 0. The van der Waals surface area contributed by atoms with Crippen molar-refractivity contribution in [2.75, 3.05) is 0 Å². The lowest BCUT2D eigenvalue weighted by atomic mass is 9.67. The third kappa shape index (κ3) is 2.39. The highest BCUT2D eigenvalue weighted by atomic mass is 16.5. The molecule has 0 N–H and O–H groups in total. The van der Waals surface area contributed by atoms with Gasteiger partial charge in [-0.1, -0.05) is 25.0 Å². The molecule has 0 fully saturated rings. The molecule has 0 spiro atoms. The van der Waals surface area contributed by atoms with E-state index in [0.717, 1.165) is 12.2 Å². The van der Waals surface area contributed by atoms with Crippen molar-refractivity contribution in [1.82, 2.24) is 0 Å². The van der Waals surface area contributed by atoms with Crippen LogP contribution in [-0.4, -0.2) is 5.60 Å². The van der Waals surface area contributed by atoms with Gasteiger partial charge in [-0.05, 0) is 76.6 Å². The number of aryl methyl sites for hydroxylation is 1. The molecule has 3 rings (SSSR count). The summed E-state index contributed by atoms with van der Waals surface area (Å²) < 4.78 is 6.52. The minimum absolute atomic E-state index is 0.0694. The van der Waals surface area contributed by atoms with E-state index >= 15 is 0 Å². The maximum atomic E-state index is 6.52. The minimum atomic E-state index is -0.0694. The third-order valence-corrected chi connectivity index (χ3v) is 5.88. The molecule has 1 aromatic rings. The first-order valence-corrected chi connectivity index (χ1v) is 8.84. The summed E-state index contributed by atoms with van der Waals surface area (Å²) in [5.41, 5.74) is 7.32. The molecule has 0 amide bonds. The van der Waals surface area contributed by atoms with Crippen LogP contribution >= 0.6 is 0 Å². The monoisotopic (exact) mass is 298 g/mol. The molecule has 1 aliphatic heterocycles. The van der Waals surface area contributed by atoms with Crippen LogP contribution in [0.1, 0.15) is 75.1 Å². The van der Waals surface area contributed by atoms with Crippen molar-refractivity contribution in [2.45, 2.75) is 78.7 Å². The molecule has 2 aliphatic rings. The summed E-state index contributed by atoms with van der Waals surface area (Å²) in [6.07, 6.45) is 7.31. The maximum absolute atomic E-state index is 6.52. The van der Waals surface area contributed by atoms with Crippen molar-refractivity contribution < 1.29 is 4.74 Å². The van der Waals surface area contributed by atoms with Crippen molar-refractivity contribution in [1.29, 1.82) is 0 Å². The Labute approximate surface area is 135 Å². The van der Waals surface area contributed by atoms with Crippen LogP contribution in [0.5, 0.6) is 5.75 Å². The van der Waals surface area contributed by atoms with E-state index in [1.807, 2.05) is 0 Å². The maximum Gasteiger partial charge on any atom is 0.124 e. The Morgan fingerprint density at radius 1 is 1.18 bits per heavy atom. The molecule has 1 heteroatoms. The summed E-state index contributed by atoms with van der Waals surface area (Å²) in [6, 6.07) is 2.33. The van der Waals surface area contributed by atoms with Crippen LogP contribution in [0, 0.1) is 19.8 Å². The molecule has 0 radical (unpaired) electrons. The second-order valence-electron chi connectivity index (χ2n) is 7.84. The highest BCUT2D eigenvalue weighted by molar-refractivity contribution is 5.54. The average molecular weight is 298 g/mol. The van der Waals surface area contributed by atoms with E-state index in [-0.39, 0.29) is 5.60 Å². The zero-order valence-electron chi connectivity index (χ0n) is 15.0. The van der Waals surface area contributed by atoms with Gasteiger partial charge in [0, 0.05) is 17.4 Å². The molecule has 2 unspecified atom stereocenters. The molecule has 1 aromatic carbocycles. The molecule has 120 valence electrons. The number of ether oxygens (including phenoxy) is 1. The van der Waals surface area contributed by atoms with Gasteiger partial charge in [-0.2, -0.15) is 0 Å². The Morgan fingerprint density at radius 2 is 1.91 bits per heavy atom. The first-order valence-electron chi connectivity index (χ1n) is 8.84. The standard InChI is InChI=1S/C21H30O/c1-7-8-16-12-19-20(15(4)14(16)3)17-11-13(2)9-10-18(17)21(5,6)22-19/h11-12,17-18H,7-10H2,1-6H3. The number of rotatable bonds is 2. The number of hydrogen-bond donors (Lipinski definition) is 0. The van der Waals surface area contributed by atoms with E-state index in [1.165, 1.54) is 41.5 Å². The highest BCUT2D eigenvalue weighted by Gasteiger charge is 2.44. The summed E-state index contributed by atoms with van der Waals surface area (Å²) in [6.45, 7) is 13.7. The predicted octanol–water partition coefficient (Wildman–Crippen LogP) is 5.87. The minimum Gasteiger partial charge on any atom is -0.487 e. The Morgan fingerprint density at radius 3 is 2.59 bits per heavy atom. The van der Waals surface area contributed by atoms with Crippen LogP contribution in [0.2, 0.25) is 0 Å². The molecule has 0 saturated carbocycles. The van der Waals surface area contributed by atoms with Crippen LogP contribution < -0.4 is 4.74 Å². The van der Waals surface area contributed by atoms with Gasteiger partial charge < -0.3 is 4.74 Å². The summed E-state index contributed by atoms with van der Waals surface area (Å²) in [5, 5.41) is 0. The van der Waals surface area contributed by atoms with Crippen LogP contribution in [0.4, 0.5) is 0 Å². The van der Waals surface area contributed by atoms with E-state index in [1.54, 1.807) is 5.57 Å². The molecule has 2 atom stereocenters. The van der Waals surface area contributed by atoms with E-state index in [4.69, 9.17) is 4.74 Å². The van der Waals surface area contributed by atoms with Crippen molar-refractivity contribution in [2.24, 2.45) is 5.92 Å². The largest absolute Gasteiger partial charge is 0.487 e. The van der Waals surface area contributed by atoms with Crippen LogP contribution in [0.15, 0.2) is 17.7 Å². The third-order valence-electron chi connectivity index (χ3n) is 5.88. The fourth-order valence-electron chi connectivity index (χ4n) is 4.49. The van der Waals surface area contributed by atoms with E-state index < -0.39 is 0 Å². The van der Waals surface area contributed by atoms with E-state index in [9.17, 15) is 0 Å². The van der Waals surface area contributed by atoms with E-state index in [0.29, 0.717) is 11.8 Å². The van der Waals surface area contributed by atoms with Gasteiger partial charge in [-0.15, -0.1) is 0 Å². The Bertz CT molecular complexity index is 621. The lowest BCUT2D eigenvalue weighted by Crippen LogP contribution is -2.45. The van der Waals surface area contributed by atoms with Crippen molar-refractivity contribution in [3.63, 3.8) is 0 Å². The average Bonchev–Trinajstić information content (AvgIpc) is 2.43. The molecule has 1 nitrogen and oxygen atoms in total.